The largest absolute Gasteiger partial charge is 0.350 e. The van der Waals surface area contributed by atoms with Gasteiger partial charge in [-0.1, -0.05) is 18.4 Å². The second-order valence-corrected chi connectivity index (χ2v) is 2.35. The van der Waals surface area contributed by atoms with Gasteiger partial charge in [-0.25, -0.2) is 10.2 Å². The van der Waals surface area contributed by atoms with Gasteiger partial charge in [0.15, 0.2) is 0 Å². The molecule has 0 spiro atoms. The Labute approximate surface area is 77.9 Å². The molecule has 0 fully saturated rings. The second-order valence-electron chi connectivity index (χ2n) is 2.35. The summed E-state index contributed by atoms with van der Waals surface area (Å²) in [6.45, 7) is 5.26. The average Bonchev–Trinajstić information content (AvgIpc) is 2.09. The summed E-state index contributed by atoms with van der Waals surface area (Å²) < 4.78 is 0. The zero-order chi connectivity index (χ0) is 10.1. The lowest BCUT2D eigenvalue weighted by molar-refractivity contribution is 0.249. The van der Waals surface area contributed by atoms with Crippen molar-refractivity contribution in [2.75, 3.05) is 0 Å². The zero-order valence-electron chi connectivity index (χ0n) is 7.63. The number of carbonyl (C=O) groups is 1. The number of urea groups is 1. The number of hydrogen-bond acceptors (Lipinski definition) is 2. The van der Waals surface area contributed by atoms with Gasteiger partial charge in [-0.3, -0.25) is 0 Å². The first-order valence-electron chi connectivity index (χ1n) is 3.84. The van der Waals surface area contributed by atoms with Crippen LogP contribution >= 0.6 is 0 Å². The summed E-state index contributed by atoms with van der Waals surface area (Å²) in [6, 6.07) is -0.656. The molecule has 0 aliphatic heterocycles. The van der Waals surface area contributed by atoms with E-state index in [9.17, 15) is 4.79 Å². The van der Waals surface area contributed by atoms with Gasteiger partial charge in [-0.15, -0.1) is 0 Å². The predicted octanol–water partition coefficient (Wildman–Crippen LogP) is 1.00. The summed E-state index contributed by atoms with van der Waals surface area (Å²) in [5.74, 6) is 5.58. The molecule has 0 saturated carbocycles. The van der Waals surface area contributed by atoms with Crippen molar-refractivity contribution in [3.63, 3.8) is 0 Å². The number of nitrogens with zero attached hydrogens (tertiary/aromatic N) is 1. The minimum atomic E-state index is -0.656. The summed E-state index contributed by atoms with van der Waals surface area (Å²) >= 11 is 0. The van der Waals surface area contributed by atoms with Crippen LogP contribution in [0, 0.1) is 11.8 Å². The van der Waals surface area contributed by atoms with Crippen molar-refractivity contribution in [1.29, 1.82) is 0 Å². The maximum Gasteiger partial charge on any atom is 0.332 e. The van der Waals surface area contributed by atoms with Crippen LogP contribution in [0.3, 0.4) is 0 Å². The summed E-state index contributed by atoms with van der Waals surface area (Å²) in [5.41, 5.74) is 7.75. The summed E-state index contributed by atoms with van der Waals surface area (Å²) in [4.78, 5) is 10.2. The smallest absolute Gasteiger partial charge is 0.332 e. The van der Waals surface area contributed by atoms with Crippen LogP contribution in [-0.2, 0) is 0 Å². The van der Waals surface area contributed by atoms with Crippen LogP contribution in [0.25, 0.3) is 0 Å². The van der Waals surface area contributed by atoms with Gasteiger partial charge in [0.05, 0.1) is 0 Å². The van der Waals surface area contributed by atoms with E-state index in [2.05, 4.69) is 28.9 Å². The Morgan fingerprint density at radius 1 is 1.77 bits per heavy atom. The number of carbonyl (C=O) groups excluding carboxylic acids is 1. The quantitative estimate of drug-likeness (QED) is 0.379. The molecule has 0 radical (unpaired) electrons. The van der Waals surface area contributed by atoms with Gasteiger partial charge >= 0.3 is 6.03 Å². The van der Waals surface area contributed by atoms with Crippen LogP contribution in [0.5, 0.6) is 0 Å². The zero-order valence-corrected chi connectivity index (χ0v) is 7.63. The van der Waals surface area contributed by atoms with Gasteiger partial charge < -0.3 is 5.73 Å². The Kier molecular flexibility index (Phi) is 5.98. The number of allylic oxidation sites excluding steroid dienone is 1. The molecule has 2 amide bonds. The topological polar surface area (TPSA) is 67.5 Å². The molecule has 4 heteroatoms. The lowest BCUT2D eigenvalue weighted by Gasteiger charge is -1.95. The first kappa shape index (κ1) is 11.2. The van der Waals surface area contributed by atoms with Crippen LogP contribution < -0.4 is 11.2 Å². The maximum atomic E-state index is 10.2. The van der Waals surface area contributed by atoms with Crippen molar-refractivity contribution in [1.82, 2.24) is 5.43 Å². The van der Waals surface area contributed by atoms with E-state index in [0.717, 1.165) is 5.71 Å². The van der Waals surface area contributed by atoms with Gasteiger partial charge in [-0.05, 0) is 19.4 Å². The number of primary amides is 1. The molecule has 0 aliphatic rings. The molecule has 0 aromatic carbocycles. The molecule has 0 rings (SSSR count). The SMILES string of the molecule is C=CC#CCC/C(C)=N/NC(N)=O. The summed E-state index contributed by atoms with van der Waals surface area (Å²) in [6.07, 6.45) is 2.94. The standard InChI is InChI=1S/C9H13N3O/c1-3-4-5-6-7-8(2)11-12-9(10)13/h3H,1,6-7H2,2H3,(H3,10,12,13)/b11-8+. The van der Waals surface area contributed by atoms with E-state index >= 15 is 0 Å². The Hall–Kier alpha value is -1.76. The normalized spacial score (nSPS) is 9.77. The van der Waals surface area contributed by atoms with Crippen LogP contribution in [-0.4, -0.2) is 11.7 Å². The van der Waals surface area contributed by atoms with Crippen molar-refractivity contribution in [3.8, 4) is 11.8 Å². The fourth-order valence-electron chi connectivity index (χ4n) is 0.594. The fraction of sp³-hybridized carbons (Fsp3) is 0.333. The first-order valence-corrected chi connectivity index (χ1v) is 3.84. The van der Waals surface area contributed by atoms with E-state index in [-0.39, 0.29) is 0 Å². The van der Waals surface area contributed by atoms with Gasteiger partial charge in [0, 0.05) is 12.1 Å². The average molecular weight is 179 g/mol. The Morgan fingerprint density at radius 3 is 3.00 bits per heavy atom. The van der Waals surface area contributed by atoms with Gasteiger partial charge in [0.1, 0.15) is 0 Å². The Balaban J connectivity index is 3.72. The molecular weight excluding hydrogens is 166 g/mol. The molecule has 0 bridgehead atoms. The third-order valence-electron chi connectivity index (χ3n) is 1.17. The van der Waals surface area contributed by atoms with Gasteiger partial charge in [0.25, 0.3) is 0 Å². The molecule has 0 aromatic rings. The summed E-state index contributed by atoms with van der Waals surface area (Å²) in [7, 11) is 0. The monoisotopic (exact) mass is 179 g/mol. The minimum Gasteiger partial charge on any atom is -0.350 e. The highest BCUT2D eigenvalue weighted by atomic mass is 16.2. The van der Waals surface area contributed by atoms with Crippen molar-refractivity contribution in [2.45, 2.75) is 19.8 Å². The number of hydrogen-bond donors (Lipinski definition) is 2. The molecule has 0 atom stereocenters. The molecule has 70 valence electrons. The van der Waals surface area contributed by atoms with E-state index in [1.165, 1.54) is 6.08 Å². The number of nitrogens with one attached hydrogen (secondary N) is 1. The molecule has 13 heavy (non-hydrogen) atoms. The van der Waals surface area contributed by atoms with E-state index in [4.69, 9.17) is 5.73 Å². The van der Waals surface area contributed by atoms with Gasteiger partial charge in [0.2, 0.25) is 0 Å². The Bertz CT molecular complexity index is 270. The molecule has 0 aliphatic carbocycles. The number of amides is 2. The number of rotatable bonds is 3. The summed E-state index contributed by atoms with van der Waals surface area (Å²) in [5, 5.41) is 3.72. The van der Waals surface area contributed by atoms with Crippen LogP contribution in [0.2, 0.25) is 0 Å². The Morgan fingerprint density at radius 2 is 2.46 bits per heavy atom. The number of hydrazone groups is 1. The van der Waals surface area contributed by atoms with E-state index < -0.39 is 6.03 Å². The van der Waals surface area contributed by atoms with E-state index in [1.807, 2.05) is 0 Å². The van der Waals surface area contributed by atoms with Crippen molar-refractivity contribution < 1.29 is 4.79 Å². The highest BCUT2D eigenvalue weighted by Gasteiger charge is 1.90. The van der Waals surface area contributed by atoms with Crippen LogP contribution in [0.4, 0.5) is 4.79 Å². The lowest BCUT2D eigenvalue weighted by atomic mass is 10.2. The van der Waals surface area contributed by atoms with Crippen molar-refractivity contribution in [2.24, 2.45) is 10.8 Å². The second kappa shape index (κ2) is 6.92. The van der Waals surface area contributed by atoms with Crippen molar-refractivity contribution in [3.05, 3.63) is 12.7 Å². The molecule has 0 unspecified atom stereocenters. The molecular formula is C9H13N3O. The molecule has 3 N–H and O–H groups in total. The van der Waals surface area contributed by atoms with Gasteiger partial charge in [-0.2, -0.15) is 5.10 Å². The predicted molar refractivity (Wildman–Crippen MR) is 53.0 cm³/mol. The third-order valence-corrected chi connectivity index (χ3v) is 1.17. The lowest BCUT2D eigenvalue weighted by Crippen LogP contribution is -2.25. The molecule has 4 nitrogen and oxygen atoms in total. The van der Waals surface area contributed by atoms with Crippen LogP contribution in [0.15, 0.2) is 17.8 Å². The van der Waals surface area contributed by atoms with E-state index in [0.29, 0.717) is 12.8 Å². The third kappa shape index (κ3) is 8.14. The molecule has 0 saturated heterocycles. The fourth-order valence-corrected chi connectivity index (χ4v) is 0.594. The van der Waals surface area contributed by atoms with Crippen molar-refractivity contribution >= 4 is 11.7 Å². The maximum absolute atomic E-state index is 10.2. The molecule has 0 heterocycles. The van der Waals surface area contributed by atoms with E-state index in [1.54, 1.807) is 6.92 Å². The molecule has 0 aromatic heterocycles. The minimum absolute atomic E-state index is 0.656. The number of nitrogens with two attached hydrogens (primary N) is 1. The first-order chi connectivity index (χ1) is 6.16. The highest BCUT2D eigenvalue weighted by molar-refractivity contribution is 5.83. The highest BCUT2D eigenvalue weighted by Crippen LogP contribution is 1.89. The van der Waals surface area contributed by atoms with Crippen LogP contribution in [0.1, 0.15) is 19.8 Å².